The molecule has 4 nitrogen and oxygen atoms in total. The molecule has 0 saturated heterocycles. The van der Waals surface area contributed by atoms with E-state index in [0.29, 0.717) is 23.9 Å². The number of aromatic nitrogens is 3. The summed E-state index contributed by atoms with van der Waals surface area (Å²) < 4.78 is 0. The molecule has 1 N–H and O–H groups in total. The van der Waals surface area contributed by atoms with Crippen molar-refractivity contribution in [3.05, 3.63) is 90.5 Å². The van der Waals surface area contributed by atoms with Gasteiger partial charge in [-0.05, 0) is 18.4 Å². The van der Waals surface area contributed by atoms with E-state index in [1.54, 1.807) is 0 Å². The number of unbranched alkanes of at least 4 members (excludes halogenated alkanes) is 1. The molecule has 1 unspecified atom stereocenters. The molecule has 4 heteroatoms. The van der Waals surface area contributed by atoms with Gasteiger partial charge in [-0.15, -0.1) is 0 Å². The molecule has 31 heavy (non-hydrogen) atoms. The topological polar surface area (TPSA) is 58.9 Å². The van der Waals surface area contributed by atoms with E-state index in [9.17, 15) is 5.11 Å². The number of hydrogen-bond acceptors (Lipinski definition) is 4. The lowest BCUT2D eigenvalue weighted by Gasteiger charge is -2.11. The van der Waals surface area contributed by atoms with Gasteiger partial charge in [-0.3, -0.25) is 0 Å². The van der Waals surface area contributed by atoms with E-state index in [0.717, 1.165) is 41.5 Å². The molecule has 0 spiro atoms. The van der Waals surface area contributed by atoms with Gasteiger partial charge in [-0.1, -0.05) is 105 Å². The van der Waals surface area contributed by atoms with Gasteiger partial charge in [0.1, 0.15) is 0 Å². The quantitative estimate of drug-likeness (QED) is 0.390. The summed E-state index contributed by atoms with van der Waals surface area (Å²) in [5, 5.41) is 10.2. The van der Waals surface area contributed by atoms with Gasteiger partial charge in [0, 0.05) is 16.7 Å². The lowest BCUT2D eigenvalue weighted by molar-refractivity contribution is 0.162. The molecule has 156 valence electrons. The molecule has 0 aliphatic rings. The van der Waals surface area contributed by atoms with E-state index in [2.05, 4.69) is 19.1 Å². The lowest BCUT2D eigenvalue weighted by atomic mass is 10.0. The first-order chi connectivity index (χ1) is 15.2. The maximum atomic E-state index is 10.2. The number of aliphatic hydroxyl groups is 1. The van der Waals surface area contributed by atoms with Crippen LogP contribution in [0.25, 0.3) is 34.2 Å². The van der Waals surface area contributed by atoms with Gasteiger partial charge in [0.15, 0.2) is 17.5 Å². The van der Waals surface area contributed by atoms with Gasteiger partial charge in [0.25, 0.3) is 0 Å². The Morgan fingerprint density at radius 2 is 1.10 bits per heavy atom. The Bertz CT molecular complexity index is 1040. The van der Waals surface area contributed by atoms with Crippen LogP contribution in [-0.2, 0) is 6.42 Å². The van der Waals surface area contributed by atoms with Crippen LogP contribution in [0.2, 0.25) is 0 Å². The fourth-order valence-corrected chi connectivity index (χ4v) is 3.54. The van der Waals surface area contributed by atoms with Crippen molar-refractivity contribution in [1.29, 1.82) is 0 Å². The van der Waals surface area contributed by atoms with E-state index >= 15 is 0 Å². The van der Waals surface area contributed by atoms with Crippen molar-refractivity contribution in [2.45, 2.75) is 38.7 Å². The summed E-state index contributed by atoms with van der Waals surface area (Å²) in [6.45, 7) is 2.14. The summed E-state index contributed by atoms with van der Waals surface area (Å²) in [6.07, 6.45) is 3.36. The number of nitrogens with zero attached hydrogens (tertiary/aromatic N) is 3. The van der Waals surface area contributed by atoms with Crippen LogP contribution >= 0.6 is 0 Å². The van der Waals surface area contributed by atoms with Crippen molar-refractivity contribution in [1.82, 2.24) is 15.0 Å². The Kier molecular flexibility index (Phi) is 6.80. The van der Waals surface area contributed by atoms with Crippen molar-refractivity contribution in [2.24, 2.45) is 0 Å². The van der Waals surface area contributed by atoms with Crippen molar-refractivity contribution in [3.63, 3.8) is 0 Å². The Hall–Kier alpha value is -3.37. The smallest absolute Gasteiger partial charge is 0.164 e. The Labute approximate surface area is 183 Å². The molecule has 0 aliphatic carbocycles. The molecule has 0 amide bonds. The molecular weight excluding hydrogens is 382 g/mol. The average Bonchev–Trinajstić information content (AvgIpc) is 2.84. The van der Waals surface area contributed by atoms with E-state index in [4.69, 9.17) is 15.0 Å². The molecule has 4 rings (SSSR count). The summed E-state index contributed by atoms with van der Waals surface area (Å²) >= 11 is 0. The largest absolute Gasteiger partial charge is 0.393 e. The van der Waals surface area contributed by atoms with Gasteiger partial charge in [-0.25, -0.2) is 15.0 Å². The number of aliphatic hydroxyl groups excluding tert-OH is 1. The maximum Gasteiger partial charge on any atom is 0.164 e. The van der Waals surface area contributed by atoms with Crippen LogP contribution in [-0.4, -0.2) is 26.2 Å². The second-order valence-corrected chi connectivity index (χ2v) is 7.74. The molecular formula is C27H27N3O. The molecule has 1 aromatic heterocycles. The molecule has 4 aromatic rings. The third kappa shape index (κ3) is 5.41. The van der Waals surface area contributed by atoms with Crippen LogP contribution in [0.4, 0.5) is 0 Å². The van der Waals surface area contributed by atoms with Crippen molar-refractivity contribution in [3.8, 4) is 34.2 Å². The summed E-state index contributed by atoms with van der Waals surface area (Å²) in [7, 11) is 0. The lowest BCUT2D eigenvalue weighted by Crippen LogP contribution is -2.10. The zero-order chi connectivity index (χ0) is 21.5. The minimum atomic E-state index is -0.294. The zero-order valence-electron chi connectivity index (χ0n) is 17.8. The Balaban J connectivity index is 1.67. The van der Waals surface area contributed by atoms with Crippen LogP contribution in [0.15, 0.2) is 84.9 Å². The first-order valence-electron chi connectivity index (χ1n) is 10.9. The molecule has 0 bridgehead atoms. The highest BCUT2D eigenvalue weighted by Gasteiger charge is 2.12. The Morgan fingerprint density at radius 1 is 0.645 bits per heavy atom. The van der Waals surface area contributed by atoms with Crippen LogP contribution < -0.4 is 0 Å². The molecule has 0 radical (unpaired) electrons. The van der Waals surface area contributed by atoms with E-state index in [1.807, 2.05) is 72.8 Å². The third-order valence-electron chi connectivity index (χ3n) is 5.27. The minimum Gasteiger partial charge on any atom is -0.393 e. The third-order valence-corrected chi connectivity index (χ3v) is 5.27. The second kappa shape index (κ2) is 10.1. The first kappa shape index (κ1) is 20.9. The summed E-state index contributed by atoms with van der Waals surface area (Å²) in [4.78, 5) is 14.2. The maximum absolute atomic E-state index is 10.2. The second-order valence-electron chi connectivity index (χ2n) is 7.74. The van der Waals surface area contributed by atoms with Gasteiger partial charge in [0.2, 0.25) is 0 Å². The molecule has 0 fully saturated rings. The van der Waals surface area contributed by atoms with E-state index in [-0.39, 0.29) is 6.10 Å². The molecule has 0 saturated carbocycles. The van der Waals surface area contributed by atoms with Crippen LogP contribution in [0, 0.1) is 0 Å². The Morgan fingerprint density at radius 3 is 1.55 bits per heavy atom. The predicted octanol–water partition coefficient (Wildman–Crippen LogP) is 5.97. The fourth-order valence-electron chi connectivity index (χ4n) is 3.54. The zero-order valence-corrected chi connectivity index (χ0v) is 17.8. The fraction of sp³-hybridized carbons (Fsp3) is 0.222. The summed E-state index contributed by atoms with van der Waals surface area (Å²) in [6, 6.07) is 28.1. The van der Waals surface area contributed by atoms with Gasteiger partial charge < -0.3 is 5.11 Å². The minimum absolute atomic E-state index is 0.294. The summed E-state index contributed by atoms with van der Waals surface area (Å²) in [5.41, 5.74) is 3.97. The van der Waals surface area contributed by atoms with Crippen molar-refractivity contribution >= 4 is 0 Å². The van der Waals surface area contributed by atoms with Crippen LogP contribution in [0.5, 0.6) is 0 Å². The monoisotopic (exact) mass is 409 g/mol. The number of benzene rings is 3. The normalized spacial score (nSPS) is 11.9. The number of rotatable bonds is 8. The van der Waals surface area contributed by atoms with Crippen LogP contribution in [0.3, 0.4) is 0 Å². The van der Waals surface area contributed by atoms with Crippen molar-refractivity contribution in [2.75, 3.05) is 0 Å². The highest BCUT2D eigenvalue weighted by atomic mass is 16.3. The van der Waals surface area contributed by atoms with Crippen molar-refractivity contribution < 1.29 is 5.11 Å². The predicted molar refractivity (Wildman–Crippen MR) is 125 cm³/mol. The highest BCUT2D eigenvalue weighted by molar-refractivity contribution is 5.66. The highest BCUT2D eigenvalue weighted by Crippen LogP contribution is 2.25. The van der Waals surface area contributed by atoms with Crippen LogP contribution in [0.1, 0.15) is 31.7 Å². The van der Waals surface area contributed by atoms with Gasteiger partial charge in [-0.2, -0.15) is 0 Å². The molecule has 0 aliphatic heterocycles. The first-order valence-corrected chi connectivity index (χ1v) is 10.9. The van der Waals surface area contributed by atoms with Gasteiger partial charge in [0.05, 0.1) is 6.10 Å². The van der Waals surface area contributed by atoms with E-state index in [1.165, 1.54) is 0 Å². The molecule has 1 heterocycles. The standard InChI is InChI=1S/C27H27N3O/c1-2-3-14-24(31)19-20-15-17-23(18-16-20)27-29-25(21-10-6-4-7-11-21)28-26(30-27)22-12-8-5-9-13-22/h4-13,15-18,24,31H,2-3,14,19H2,1H3. The number of hydrogen-bond donors (Lipinski definition) is 1. The molecule has 1 atom stereocenters. The average molecular weight is 410 g/mol. The summed E-state index contributed by atoms with van der Waals surface area (Å²) in [5.74, 6) is 1.96. The SMILES string of the molecule is CCCCC(O)Cc1ccc(-c2nc(-c3ccccc3)nc(-c3ccccc3)n2)cc1. The van der Waals surface area contributed by atoms with Gasteiger partial charge >= 0.3 is 0 Å². The van der Waals surface area contributed by atoms with E-state index < -0.39 is 0 Å². The molecule has 3 aromatic carbocycles.